The van der Waals surface area contributed by atoms with E-state index in [1.165, 1.54) is 25.5 Å². The van der Waals surface area contributed by atoms with Gasteiger partial charge in [0.15, 0.2) is 0 Å². The van der Waals surface area contributed by atoms with Crippen molar-refractivity contribution in [2.24, 2.45) is 11.8 Å². The van der Waals surface area contributed by atoms with Crippen LogP contribution in [0.1, 0.15) is 46.0 Å². The van der Waals surface area contributed by atoms with E-state index in [1.54, 1.807) is 4.31 Å². The van der Waals surface area contributed by atoms with E-state index in [-0.39, 0.29) is 0 Å². The van der Waals surface area contributed by atoms with Crippen molar-refractivity contribution in [2.45, 2.75) is 58.0 Å². The first-order valence-corrected chi connectivity index (χ1v) is 9.42. The predicted octanol–water partition coefficient (Wildman–Crippen LogP) is 1.82. The number of sulfonamides is 1. The lowest BCUT2D eigenvalue weighted by Gasteiger charge is -2.37. The van der Waals surface area contributed by atoms with Crippen LogP contribution >= 0.6 is 0 Å². The molecule has 2 fully saturated rings. The molecule has 2 rings (SSSR count). The number of hydrogen-bond acceptors (Lipinski definition) is 3. The Kier molecular flexibility index (Phi) is 4.90. The first-order valence-electron chi connectivity index (χ1n) is 7.57. The molecule has 3 unspecified atom stereocenters. The molecule has 0 amide bonds. The standard InChI is InChI=1S/C14H28N2O2S/c1-11-4-5-14(10-12(11)2)15-13-6-8-16(9-7-13)19(3,17)18/h11-15H,4-10H2,1-3H3. The zero-order valence-electron chi connectivity index (χ0n) is 12.4. The van der Waals surface area contributed by atoms with Crippen LogP contribution in [-0.4, -0.2) is 44.2 Å². The predicted molar refractivity (Wildman–Crippen MR) is 78.5 cm³/mol. The number of nitrogens with zero attached hydrogens (tertiary/aromatic N) is 1. The third-order valence-electron chi connectivity index (χ3n) is 4.99. The van der Waals surface area contributed by atoms with Gasteiger partial charge in [-0.2, -0.15) is 0 Å². The summed E-state index contributed by atoms with van der Waals surface area (Å²) in [7, 11) is -2.99. The van der Waals surface area contributed by atoms with Gasteiger partial charge in [0.2, 0.25) is 10.0 Å². The molecule has 5 heteroatoms. The molecule has 19 heavy (non-hydrogen) atoms. The fourth-order valence-corrected chi connectivity index (χ4v) is 4.26. The van der Waals surface area contributed by atoms with Crippen molar-refractivity contribution in [1.29, 1.82) is 0 Å². The van der Waals surface area contributed by atoms with Crippen molar-refractivity contribution in [3.8, 4) is 0 Å². The molecular formula is C14H28N2O2S. The Morgan fingerprint density at radius 1 is 0.947 bits per heavy atom. The van der Waals surface area contributed by atoms with E-state index >= 15 is 0 Å². The van der Waals surface area contributed by atoms with Crippen molar-refractivity contribution in [3.63, 3.8) is 0 Å². The molecule has 4 nitrogen and oxygen atoms in total. The van der Waals surface area contributed by atoms with Crippen LogP contribution in [0.5, 0.6) is 0 Å². The molecule has 112 valence electrons. The van der Waals surface area contributed by atoms with Crippen molar-refractivity contribution < 1.29 is 8.42 Å². The highest BCUT2D eigenvalue weighted by Gasteiger charge is 2.29. The SMILES string of the molecule is CC1CCC(NC2CCN(S(C)(=O)=O)CC2)CC1C. The number of rotatable bonds is 3. The quantitative estimate of drug-likeness (QED) is 0.862. The Labute approximate surface area is 118 Å². The van der Waals surface area contributed by atoms with Gasteiger partial charge in [-0.05, 0) is 43.9 Å². The second kappa shape index (κ2) is 6.10. The van der Waals surface area contributed by atoms with E-state index in [0.717, 1.165) is 24.7 Å². The highest BCUT2D eigenvalue weighted by atomic mass is 32.2. The van der Waals surface area contributed by atoms with Gasteiger partial charge in [-0.25, -0.2) is 12.7 Å². The molecule has 1 heterocycles. The summed E-state index contributed by atoms with van der Waals surface area (Å²) >= 11 is 0. The average Bonchev–Trinajstić information content (AvgIpc) is 2.33. The molecule has 3 atom stereocenters. The maximum absolute atomic E-state index is 11.5. The van der Waals surface area contributed by atoms with Crippen molar-refractivity contribution in [3.05, 3.63) is 0 Å². The van der Waals surface area contributed by atoms with Crippen LogP contribution in [0.2, 0.25) is 0 Å². The normalized spacial score (nSPS) is 35.4. The first-order chi connectivity index (χ1) is 8.86. The lowest BCUT2D eigenvalue weighted by molar-refractivity contribution is 0.195. The molecule has 0 aromatic rings. The molecule has 1 aliphatic carbocycles. The fourth-order valence-electron chi connectivity index (χ4n) is 3.39. The summed E-state index contributed by atoms with van der Waals surface area (Å²) in [5.41, 5.74) is 0. The van der Waals surface area contributed by atoms with E-state index in [4.69, 9.17) is 0 Å². The van der Waals surface area contributed by atoms with Crippen LogP contribution < -0.4 is 5.32 Å². The molecule has 0 aromatic carbocycles. The summed E-state index contributed by atoms with van der Waals surface area (Å²) < 4.78 is 24.5. The molecule has 1 N–H and O–H groups in total. The van der Waals surface area contributed by atoms with Crippen molar-refractivity contribution >= 4 is 10.0 Å². The summed E-state index contributed by atoms with van der Waals surface area (Å²) in [6.45, 7) is 6.06. The summed E-state index contributed by atoms with van der Waals surface area (Å²) in [6, 6.07) is 1.14. The zero-order chi connectivity index (χ0) is 14.0. The Hall–Kier alpha value is -0.130. The van der Waals surface area contributed by atoms with Crippen molar-refractivity contribution in [2.75, 3.05) is 19.3 Å². The van der Waals surface area contributed by atoms with Gasteiger partial charge in [0.25, 0.3) is 0 Å². The summed E-state index contributed by atoms with van der Waals surface area (Å²) in [5.74, 6) is 1.66. The second-order valence-corrected chi connectivity index (χ2v) is 8.55. The molecule has 0 spiro atoms. The number of nitrogens with one attached hydrogen (secondary N) is 1. The molecule has 0 bridgehead atoms. The smallest absolute Gasteiger partial charge is 0.211 e. The van der Waals surface area contributed by atoms with Gasteiger partial charge in [0, 0.05) is 25.2 Å². The summed E-state index contributed by atoms with van der Waals surface area (Å²) in [4.78, 5) is 0. The van der Waals surface area contributed by atoms with Crippen LogP contribution in [0.25, 0.3) is 0 Å². The molecule has 1 saturated heterocycles. The van der Waals surface area contributed by atoms with Gasteiger partial charge >= 0.3 is 0 Å². The summed E-state index contributed by atoms with van der Waals surface area (Å²) in [5, 5.41) is 3.76. The van der Waals surface area contributed by atoms with Crippen LogP contribution in [0.15, 0.2) is 0 Å². The van der Waals surface area contributed by atoms with Crippen LogP contribution in [0.3, 0.4) is 0 Å². The number of hydrogen-bond donors (Lipinski definition) is 1. The van der Waals surface area contributed by atoms with Crippen molar-refractivity contribution in [1.82, 2.24) is 9.62 Å². The molecule has 1 saturated carbocycles. The molecular weight excluding hydrogens is 260 g/mol. The first kappa shape index (κ1) is 15.3. The van der Waals surface area contributed by atoms with Crippen LogP contribution in [0, 0.1) is 11.8 Å². The maximum atomic E-state index is 11.5. The van der Waals surface area contributed by atoms with E-state index < -0.39 is 10.0 Å². The molecule has 2 aliphatic rings. The Morgan fingerprint density at radius 3 is 2.11 bits per heavy atom. The largest absolute Gasteiger partial charge is 0.311 e. The minimum absolute atomic E-state index is 0.503. The van der Waals surface area contributed by atoms with E-state index in [0.29, 0.717) is 25.2 Å². The molecule has 0 radical (unpaired) electrons. The Balaban J connectivity index is 1.77. The maximum Gasteiger partial charge on any atom is 0.211 e. The van der Waals surface area contributed by atoms with Gasteiger partial charge in [0.1, 0.15) is 0 Å². The fraction of sp³-hybridized carbons (Fsp3) is 1.00. The molecule has 1 aliphatic heterocycles. The third-order valence-corrected chi connectivity index (χ3v) is 6.30. The van der Waals surface area contributed by atoms with E-state index in [9.17, 15) is 8.42 Å². The zero-order valence-corrected chi connectivity index (χ0v) is 13.2. The highest BCUT2D eigenvalue weighted by molar-refractivity contribution is 7.88. The monoisotopic (exact) mass is 288 g/mol. The molecule has 0 aromatic heterocycles. The van der Waals surface area contributed by atoms with Gasteiger partial charge < -0.3 is 5.32 Å². The van der Waals surface area contributed by atoms with E-state index in [2.05, 4.69) is 19.2 Å². The third kappa shape index (κ3) is 4.17. The van der Waals surface area contributed by atoms with Gasteiger partial charge in [-0.3, -0.25) is 0 Å². The van der Waals surface area contributed by atoms with Gasteiger partial charge in [-0.1, -0.05) is 13.8 Å². The topological polar surface area (TPSA) is 49.4 Å². The second-order valence-electron chi connectivity index (χ2n) is 6.57. The van der Waals surface area contributed by atoms with Gasteiger partial charge in [-0.15, -0.1) is 0 Å². The van der Waals surface area contributed by atoms with Crippen LogP contribution in [0.4, 0.5) is 0 Å². The highest BCUT2D eigenvalue weighted by Crippen LogP contribution is 2.30. The lowest BCUT2D eigenvalue weighted by Crippen LogP contribution is -2.48. The summed E-state index contributed by atoms with van der Waals surface area (Å²) in [6.07, 6.45) is 7.08. The Morgan fingerprint density at radius 2 is 1.58 bits per heavy atom. The van der Waals surface area contributed by atoms with Gasteiger partial charge in [0.05, 0.1) is 6.26 Å². The Bertz CT molecular complexity index is 388. The lowest BCUT2D eigenvalue weighted by atomic mass is 9.79. The minimum Gasteiger partial charge on any atom is -0.311 e. The van der Waals surface area contributed by atoms with Crippen LogP contribution in [-0.2, 0) is 10.0 Å². The minimum atomic E-state index is -2.99. The number of piperidine rings is 1. The van der Waals surface area contributed by atoms with E-state index in [1.807, 2.05) is 0 Å². The average molecular weight is 288 g/mol.